The zero-order valence-electron chi connectivity index (χ0n) is 11.2. The molecule has 3 rings (SSSR count). The molecule has 20 heavy (non-hydrogen) atoms. The van der Waals surface area contributed by atoms with Crippen molar-refractivity contribution in [3.63, 3.8) is 0 Å². The number of rotatable bonds is 2. The minimum atomic E-state index is 0.195. The van der Waals surface area contributed by atoms with Gasteiger partial charge in [0.15, 0.2) is 0 Å². The third-order valence-corrected chi connectivity index (χ3v) is 3.83. The molecule has 0 unspecified atom stereocenters. The molecule has 0 bridgehead atoms. The first-order chi connectivity index (χ1) is 9.86. The molecule has 3 heteroatoms. The zero-order chi connectivity index (χ0) is 13.8. The minimum absolute atomic E-state index is 0.195. The molecule has 0 spiro atoms. The summed E-state index contributed by atoms with van der Waals surface area (Å²) >= 11 is 0. The molecule has 2 aromatic carbocycles. The third-order valence-electron chi connectivity index (χ3n) is 3.83. The van der Waals surface area contributed by atoms with Crippen molar-refractivity contribution < 1.29 is 5.21 Å². The van der Waals surface area contributed by atoms with E-state index in [4.69, 9.17) is 0 Å². The van der Waals surface area contributed by atoms with E-state index in [1.165, 1.54) is 11.1 Å². The summed E-state index contributed by atoms with van der Waals surface area (Å²) in [5.41, 5.74) is 3.31. The van der Waals surface area contributed by atoms with E-state index in [0.717, 1.165) is 18.6 Å². The van der Waals surface area contributed by atoms with Gasteiger partial charge in [-0.3, -0.25) is 0 Å². The van der Waals surface area contributed by atoms with Crippen LogP contribution >= 0.6 is 0 Å². The second-order valence-electron chi connectivity index (χ2n) is 5.17. The molecule has 0 saturated carbocycles. The first-order valence-electron chi connectivity index (χ1n) is 6.92. The lowest BCUT2D eigenvalue weighted by Crippen LogP contribution is -2.35. The van der Waals surface area contributed by atoms with Gasteiger partial charge in [0.25, 0.3) is 0 Å². The molecule has 3 nitrogen and oxygen atoms in total. The Morgan fingerprint density at radius 3 is 1.65 bits per heavy atom. The van der Waals surface area contributed by atoms with E-state index in [9.17, 15) is 5.21 Å². The zero-order valence-corrected chi connectivity index (χ0v) is 11.2. The van der Waals surface area contributed by atoms with Crippen molar-refractivity contribution in [2.75, 3.05) is 0 Å². The van der Waals surface area contributed by atoms with Crippen LogP contribution in [0.1, 0.15) is 36.1 Å². The number of hydrogen-bond acceptors (Lipinski definition) is 3. The lowest BCUT2D eigenvalue weighted by molar-refractivity contribution is 0.307. The average molecular weight is 266 g/mol. The van der Waals surface area contributed by atoms with Crippen molar-refractivity contribution in [3.8, 4) is 0 Å². The summed E-state index contributed by atoms with van der Waals surface area (Å²) < 4.78 is 0. The van der Waals surface area contributed by atoms with Gasteiger partial charge in [-0.2, -0.15) is 0 Å². The Morgan fingerprint density at radius 1 is 0.800 bits per heavy atom. The number of nitrogens with zero attached hydrogens (tertiary/aromatic N) is 1. The van der Waals surface area contributed by atoms with Gasteiger partial charge >= 0.3 is 0 Å². The highest BCUT2D eigenvalue weighted by atomic mass is 16.4. The molecule has 0 amide bonds. The Morgan fingerprint density at radius 2 is 1.25 bits per heavy atom. The van der Waals surface area contributed by atoms with Crippen LogP contribution < -0.4 is 5.32 Å². The number of benzene rings is 2. The maximum Gasteiger partial charge on any atom is 0.0608 e. The first kappa shape index (κ1) is 12.9. The normalized spacial score (nSPS) is 22.5. The molecule has 102 valence electrons. The van der Waals surface area contributed by atoms with Crippen LogP contribution in [0.15, 0.2) is 65.8 Å². The smallest absolute Gasteiger partial charge is 0.0608 e. The summed E-state index contributed by atoms with van der Waals surface area (Å²) in [5, 5.41) is 16.3. The Balaban J connectivity index is 1.87. The van der Waals surface area contributed by atoms with Crippen LogP contribution in [0.3, 0.4) is 0 Å². The highest BCUT2D eigenvalue weighted by Gasteiger charge is 2.27. The summed E-state index contributed by atoms with van der Waals surface area (Å²) in [4.78, 5) is 0. The van der Waals surface area contributed by atoms with Gasteiger partial charge in [-0.1, -0.05) is 65.8 Å². The summed E-state index contributed by atoms with van der Waals surface area (Å²) in [6.45, 7) is 0. The molecule has 2 N–H and O–H groups in total. The average Bonchev–Trinajstić information content (AvgIpc) is 2.56. The van der Waals surface area contributed by atoms with E-state index in [0.29, 0.717) is 0 Å². The Bertz CT molecular complexity index is 531. The van der Waals surface area contributed by atoms with Gasteiger partial charge in [-0.25, -0.2) is 0 Å². The highest BCUT2D eigenvalue weighted by molar-refractivity contribution is 5.86. The predicted molar refractivity (Wildman–Crippen MR) is 80.0 cm³/mol. The minimum Gasteiger partial charge on any atom is -0.411 e. The molecule has 2 atom stereocenters. The molecule has 1 fully saturated rings. The van der Waals surface area contributed by atoms with Crippen LogP contribution in [0.25, 0.3) is 0 Å². The fraction of sp³-hybridized carbons (Fsp3) is 0.235. The monoisotopic (exact) mass is 266 g/mol. The fourth-order valence-corrected chi connectivity index (χ4v) is 2.80. The molecular weight excluding hydrogens is 248 g/mol. The SMILES string of the molecule is ON=C1C[C@H](c2ccccc2)N[C@@H](c2ccccc2)C1. The predicted octanol–water partition coefficient (Wildman–Crippen LogP) is 3.68. The molecule has 0 aliphatic carbocycles. The summed E-state index contributed by atoms with van der Waals surface area (Å²) in [7, 11) is 0. The van der Waals surface area contributed by atoms with Gasteiger partial charge in [0.2, 0.25) is 0 Å². The lowest BCUT2D eigenvalue weighted by atomic mass is 9.89. The molecule has 0 aromatic heterocycles. The van der Waals surface area contributed by atoms with Gasteiger partial charge in [-0.05, 0) is 11.1 Å². The fourth-order valence-electron chi connectivity index (χ4n) is 2.80. The van der Waals surface area contributed by atoms with Crippen molar-refractivity contribution in [1.82, 2.24) is 5.32 Å². The van der Waals surface area contributed by atoms with Crippen LogP contribution in [0.4, 0.5) is 0 Å². The van der Waals surface area contributed by atoms with E-state index in [2.05, 4.69) is 34.7 Å². The number of oxime groups is 1. The topological polar surface area (TPSA) is 44.6 Å². The van der Waals surface area contributed by atoms with Crippen LogP contribution in [-0.4, -0.2) is 10.9 Å². The molecule has 1 aliphatic heterocycles. The van der Waals surface area contributed by atoms with E-state index >= 15 is 0 Å². The van der Waals surface area contributed by atoms with E-state index in [1.807, 2.05) is 36.4 Å². The molecule has 1 saturated heterocycles. The van der Waals surface area contributed by atoms with Crippen LogP contribution in [0.5, 0.6) is 0 Å². The lowest BCUT2D eigenvalue weighted by Gasteiger charge is -2.32. The first-order valence-corrected chi connectivity index (χ1v) is 6.92. The molecule has 2 aromatic rings. The van der Waals surface area contributed by atoms with Gasteiger partial charge in [0, 0.05) is 24.9 Å². The Hall–Kier alpha value is -2.13. The number of hydrogen-bond donors (Lipinski definition) is 2. The Labute approximate surface area is 119 Å². The summed E-state index contributed by atoms with van der Waals surface area (Å²) in [6, 6.07) is 21.0. The van der Waals surface area contributed by atoms with E-state index in [1.54, 1.807) is 0 Å². The molecule has 0 radical (unpaired) electrons. The summed E-state index contributed by atoms with van der Waals surface area (Å²) in [6.07, 6.45) is 1.51. The Kier molecular flexibility index (Phi) is 3.79. The van der Waals surface area contributed by atoms with Gasteiger partial charge in [0.05, 0.1) is 5.71 Å². The maximum atomic E-state index is 9.18. The highest BCUT2D eigenvalue weighted by Crippen LogP contribution is 2.31. The second kappa shape index (κ2) is 5.88. The van der Waals surface area contributed by atoms with Gasteiger partial charge in [0.1, 0.15) is 0 Å². The third kappa shape index (κ3) is 2.73. The molecular formula is C17H18N2O. The standard InChI is InChI=1S/C17H18N2O/c20-19-15-11-16(13-7-3-1-4-8-13)18-17(12-15)14-9-5-2-6-10-14/h1-10,16-18,20H,11-12H2/t16-,17-/m1/s1. The van der Waals surface area contributed by atoms with Crippen LogP contribution in [-0.2, 0) is 0 Å². The molecule has 1 heterocycles. The van der Waals surface area contributed by atoms with Crippen LogP contribution in [0.2, 0.25) is 0 Å². The second-order valence-corrected chi connectivity index (χ2v) is 5.17. The van der Waals surface area contributed by atoms with Gasteiger partial charge in [-0.15, -0.1) is 0 Å². The summed E-state index contributed by atoms with van der Waals surface area (Å²) in [5.74, 6) is 0. The number of piperidine rings is 1. The largest absolute Gasteiger partial charge is 0.411 e. The van der Waals surface area contributed by atoms with Crippen molar-refractivity contribution >= 4 is 5.71 Å². The van der Waals surface area contributed by atoms with Gasteiger partial charge < -0.3 is 10.5 Å². The van der Waals surface area contributed by atoms with E-state index in [-0.39, 0.29) is 12.1 Å². The van der Waals surface area contributed by atoms with Crippen molar-refractivity contribution in [2.45, 2.75) is 24.9 Å². The van der Waals surface area contributed by atoms with Crippen molar-refractivity contribution in [3.05, 3.63) is 71.8 Å². The van der Waals surface area contributed by atoms with Crippen molar-refractivity contribution in [2.24, 2.45) is 5.16 Å². The van der Waals surface area contributed by atoms with Crippen molar-refractivity contribution in [1.29, 1.82) is 0 Å². The molecule has 1 aliphatic rings. The quantitative estimate of drug-likeness (QED) is 0.643. The van der Waals surface area contributed by atoms with E-state index < -0.39 is 0 Å². The maximum absolute atomic E-state index is 9.18. The van der Waals surface area contributed by atoms with Crippen LogP contribution in [0, 0.1) is 0 Å². The number of nitrogens with one attached hydrogen (secondary N) is 1.